The molecule has 1 rings (SSSR count). The molecule has 0 spiro atoms. The Labute approximate surface area is 124 Å². The normalized spacial score (nSPS) is 14.0. The van der Waals surface area contributed by atoms with Crippen LogP contribution < -0.4 is 11.1 Å². The lowest BCUT2D eigenvalue weighted by Gasteiger charge is -2.19. The second-order valence-corrected chi connectivity index (χ2v) is 5.90. The Balaban J connectivity index is 2.58. The Hall–Kier alpha value is -1.49. The smallest absolute Gasteiger partial charge is 0.220 e. The average Bonchev–Trinajstić information content (AvgIpc) is 2.40. The molecule has 1 unspecified atom stereocenters. The first-order valence-corrected chi connectivity index (χ1v) is 7.27. The molecule has 0 radical (unpaired) electrons. The molecule has 21 heavy (non-hydrogen) atoms. The summed E-state index contributed by atoms with van der Waals surface area (Å²) in [6.45, 7) is 6.38. The summed E-state index contributed by atoms with van der Waals surface area (Å²) >= 11 is 0. The molecule has 5 heteroatoms. The molecule has 0 aliphatic rings. The van der Waals surface area contributed by atoms with Gasteiger partial charge in [-0.25, -0.2) is 8.78 Å². The van der Waals surface area contributed by atoms with E-state index < -0.39 is 11.6 Å². The van der Waals surface area contributed by atoms with Crippen molar-refractivity contribution >= 4 is 5.91 Å². The maximum absolute atomic E-state index is 13.2. The summed E-state index contributed by atoms with van der Waals surface area (Å²) in [5.74, 6) is -1.30. The number of carbonyl (C=O) groups excluding carboxylic acids is 1. The van der Waals surface area contributed by atoms with E-state index >= 15 is 0 Å². The number of hydrogen-bond donors (Lipinski definition) is 2. The summed E-state index contributed by atoms with van der Waals surface area (Å²) in [7, 11) is 0. The van der Waals surface area contributed by atoms with Crippen LogP contribution in [0.4, 0.5) is 8.78 Å². The summed E-state index contributed by atoms with van der Waals surface area (Å²) < 4.78 is 26.1. The van der Waals surface area contributed by atoms with Gasteiger partial charge in [-0.1, -0.05) is 19.9 Å². The molecule has 0 saturated heterocycles. The van der Waals surface area contributed by atoms with Gasteiger partial charge in [0.15, 0.2) is 11.6 Å². The lowest BCUT2D eigenvalue weighted by atomic mass is 9.94. The standard InChI is InChI=1S/C16H24F2N2O/c1-10(2)6-12(9-19)7-16(21)20-11(3)13-4-5-14(17)15(18)8-13/h4-5,8,10-12H,6-7,9,19H2,1-3H3,(H,20,21)/t11?,12-/m0/s1. The van der Waals surface area contributed by atoms with Gasteiger partial charge in [-0.05, 0) is 49.4 Å². The third-order valence-electron chi connectivity index (χ3n) is 3.43. The zero-order valence-electron chi connectivity index (χ0n) is 12.8. The van der Waals surface area contributed by atoms with Gasteiger partial charge < -0.3 is 11.1 Å². The van der Waals surface area contributed by atoms with E-state index in [9.17, 15) is 13.6 Å². The highest BCUT2D eigenvalue weighted by molar-refractivity contribution is 5.76. The summed E-state index contributed by atoms with van der Waals surface area (Å²) in [6.07, 6.45) is 1.24. The number of carbonyl (C=O) groups is 1. The summed E-state index contributed by atoms with van der Waals surface area (Å²) in [4.78, 5) is 12.0. The van der Waals surface area contributed by atoms with Gasteiger partial charge in [0.1, 0.15) is 0 Å². The first kappa shape index (κ1) is 17.6. The molecule has 0 heterocycles. The fourth-order valence-corrected chi connectivity index (χ4v) is 2.36. The van der Waals surface area contributed by atoms with Gasteiger partial charge in [-0.2, -0.15) is 0 Å². The van der Waals surface area contributed by atoms with E-state index in [-0.39, 0.29) is 17.9 Å². The largest absolute Gasteiger partial charge is 0.350 e. The third kappa shape index (κ3) is 5.79. The first-order chi connectivity index (χ1) is 9.83. The zero-order valence-corrected chi connectivity index (χ0v) is 12.8. The van der Waals surface area contributed by atoms with E-state index in [2.05, 4.69) is 19.2 Å². The van der Waals surface area contributed by atoms with Crippen LogP contribution in [0.15, 0.2) is 18.2 Å². The van der Waals surface area contributed by atoms with E-state index in [1.165, 1.54) is 6.07 Å². The van der Waals surface area contributed by atoms with Crippen molar-refractivity contribution in [3.63, 3.8) is 0 Å². The molecule has 118 valence electrons. The molecular weight excluding hydrogens is 274 g/mol. The number of nitrogens with two attached hydrogens (primary N) is 1. The number of halogens is 2. The highest BCUT2D eigenvalue weighted by Crippen LogP contribution is 2.18. The molecular formula is C16H24F2N2O. The maximum atomic E-state index is 13.2. The zero-order chi connectivity index (χ0) is 16.0. The van der Waals surface area contributed by atoms with Crippen LogP contribution in [0.1, 0.15) is 45.2 Å². The average molecular weight is 298 g/mol. The predicted molar refractivity (Wildman–Crippen MR) is 79.5 cm³/mol. The third-order valence-corrected chi connectivity index (χ3v) is 3.43. The molecule has 0 bridgehead atoms. The monoisotopic (exact) mass is 298 g/mol. The predicted octanol–water partition coefficient (Wildman–Crippen LogP) is 3.15. The van der Waals surface area contributed by atoms with Crippen molar-refractivity contribution in [2.75, 3.05) is 6.54 Å². The second-order valence-electron chi connectivity index (χ2n) is 5.90. The minimum absolute atomic E-state index is 0.122. The molecule has 1 amide bonds. The molecule has 0 aromatic heterocycles. The SMILES string of the molecule is CC(C)C[C@H](CN)CC(=O)NC(C)c1ccc(F)c(F)c1. The van der Waals surface area contributed by atoms with Crippen LogP contribution in [0.2, 0.25) is 0 Å². The van der Waals surface area contributed by atoms with E-state index in [4.69, 9.17) is 5.73 Å². The van der Waals surface area contributed by atoms with E-state index in [1.807, 2.05) is 0 Å². The van der Waals surface area contributed by atoms with Crippen molar-refractivity contribution in [2.45, 2.75) is 39.7 Å². The van der Waals surface area contributed by atoms with Gasteiger partial charge in [0.2, 0.25) is 5.91 Å². The second kappa shape index (κ2) is 8.08. The van der Waals surface area contributed by atoms with Gasteiger partial charge in [0, 0.05) is 6.42 Å². The van der Waals surface area contributed by atoms with Crippen LogP contribution in [-0.2, 0) is 4.79 Å². The highest BCUT2D eigenvalue weighted by Gasteiger charge is 2.17. The Morgan fingerprint density at radius 2 is 1.90 bits per heavy atom. The van der Waals surface area contributed by atoms with Crippen LogP contribution in [-0.4, -0.2) is 12.5 Å². The van der Waals surface area contributed by atoms with Gasteiger partial charge >= 0.3 is 0 Å². The van der Waals surface area contributed by atoms with Crippen molar-refractivity contribution in [3.8, 4) is 0 Å². The lowest BCUT2D eigenvalue weighted by molar-refractivity contribution is -0.122. The Bertz CT molecular complexity index is 477. The van der Waals surface area contributed by atoms with E-state index in [1.54, 1.807) is 6.92 Å². The van der Waals surface area contributed by atoms with Crippen LogP contribution in [0.25, 0.3) is 0 Å². The van der Waals surface area contributed by atoms with Crippen LogP contribution in [0.5, 0.6) is 0 Å². The number of rotatable bonds is 7. The van der Waals surface area contributed by atoms with Crippen LogP contribution in [0.3, 0.4) is 0 Å². The van der Waals surface area contributed by atoms with Gasteiger partial charge in [-0.15, -0.1) is 0 Å². The molecule has 0 aliphatic heterocycles. The maximum Gasteiger partial charge on any atom is 0.220 e. The quantitative estimate of drug-likeness (QED) is 0.812. The molecule has 3 nitrogen and oxygen atoms in total. The van der Waals surface area contributed by atoms with Gasteiger partial charge in [0.05, 0.1) is 6.04 Å². The molecule has 3 N–H and O–H groups in total. The van der Waals surface area contributed by atoms with Gasteiger partial charge in [-0.3, -0.25) is 4.79 Å². The number of nitrogens with one attached hydrogen (secondary N) is 1. The molecule has 0 aliphatic carbocycles. The van der Waals surface area contributed by atoms with Crippen molar-refractivity contribution in [1.29, 1.82) is 0 Å². The van der Waals surface area contributed by atoms with Crippen molar-refractivity contribution in [3.05, 3.63) is 35.4 Å². The molecule has 1 aromatic rings. The fraction of sp³-hybridized carbons (Fsp3) is 0.562. The Morgan fingerprint density at radius 3 is 2.43 bits per heavy atom. The summed E-state index contributed by atoms with van der Waals surface area (Å²) in [5, 5.41) is 2.80. The van der Waals surface area contributed by atoms with Gasteiger partial charge in [0.25, 0.3) is 0 Å². The van der Waals surface area contributed by atoms with Crippen molar-refractivity contribution in [1.82, 2.24) is 5.32 Å². The van der Waals surface area contributed by atoms with Crippen molar-refractivity contribution in [2.24, 2.45) is 17.6 Å². The first-order valence-electron chi connectivity index (χ1n) is 7.27. The Morgan fingerprint density at radius 1 is 1.24 bits per heavy atom. The summed E-state index contributed by atoms with van der Waals surface area (Å²) in [6, 6.07) is 3.27. The number of hydrogen-bond acceptors (Lipinski definition) is 2. The molecule has 0 saturated carbocycles. The fourth-order valence-electron chi connectivity index (χ4n) is 2.36. The minimum Gasteiger partial charge on any atom is -0.350 e. The Kier molecular flexibility index (Phi) is 6.75. The minimum atomic E-state index is -0.909. The summed E-state index contributed by atoms with van der Waals surface area (Å²) in [5.41, 5.74) is 6.21. The van der Waals surface area contributed by atoms with Crippen LogP contribution >= 0.6 is 0 Å². The molecule has 2 atom stereocenters. The van der Waals surface area contributed by atoms with Crippen LogP contribution in [0, 0.1) is 23.5 Å². The van der Waals surface area contributed by atoms with E-state index in [0.717, 1.165) is 18.6 Å². The number of amides is 1. The molecule has 0 fully saturated rings. The topological polar surface area (TPSA) is 55.1 Å². The highest BCUT2D eigenvalue weighted by atomic mass is 19.2. The molecule has 1 aromatic carbocycles. The lowest BCUT2D eigenvalue weighted by Crippen LogP contribution is -2.30. The van der Waals surface area contributed by atoms with E-state index in [0.29, 0.717) is 24.4 Å². The number of benzene rings is 1. The van der Waals surface area contributed by atoms with Crippen molar-refractivity contribution < 1.29 is 13.6 Å².